The van der Waals surface area contributed by atoms with Gasteiger partial charge in [-0.15, -0.1) is 0 Å². The molecule has 2 atom stereocenters. The summed E-state index contributed by atoms with van der Waals surface area (Å²) in [7, 11) is 7.86. The van der Waals surface area contributed by atoms with Crippen molar-refractivity contribution in [1.82, 2.24) is 9.80 Å². The van der Waals surface area contributed by atoms with Crippen LogP contribution in [0.4, 0.5) is 9.59 Å². The minimum atomic E-state index is -0.696. The molecule has 0 aliphatic carbocycles. The molecule has 12 nitrogen and oxygen atoms in total. The first-order valence-corrected chi connectivity index (χ1v) is 23.3. The highest BCUT2D eigenvalue weighted by atomic mass is 16.7. The number of hydrogen-bond donors (Lipinski definition) is 0. The van der Waals surface area contributed by atoms with Crippen molar-refractivity contribution in [2.24, 2.45) is 0 Å². The minimum Gasteiger partial charge on any atom is -0.466 e. The predicted molar refractivity (Wildman–Crippen MR) is 232 cm³/mol. The van der Waals surface area contributed by atoms with E-state index < -0.39 is 36.5 Å². The van der Waals surface area contributed by atoms with Crippen LogP contribution in [0.15, 0.2) is 0 Å². The van der Waals surface area contributed by atoms with Crippen molar-refractivity contribution in [3.63, 3.8) is 0 Å². The fourth-order valence-electron chi connectivity index (χ4n) is 6.61. The van der Waals surface area contributed by atoms with E-state index in [0.29, 0.717) is 38.5 Å². The van der Waals surface area contributed by atoms with Gasteiger partial charge in [0.05, 0.1) is 39.3 Å². The van der Waals surface area contributed by atoms with Crippen molar-refractivity contribution < 1.29 is 47.6 Å². The van der Waals surface area contributed by atoms with E-state index in [2.05, 4.69) is 13.8 Å². The summed E-state index contributed by atoms with van der Waals surface area (Å²) in [6.45, 7) is 6.80. The van der Waals surface area contributed by atoms with Gasteiger partial charge in [0.25, 0.3) is 0 Å². The van der Waals surface area contributed by atoms with Crippen LogP contribution in [-0.4, -0.2) is 114 Å². The lowest BCUT2D eigenvalue weighted by Crippen LogP contribution is -2.23. The van der Waals surface area contributed by atoms with E-state index in [4.69, 9.17) is 28.4 Å². The van der Waals surface area contributed by atoms with Gasteiger partial charge in [0.15, 0.2) is 0 Å². The molecule has 0 saturated heterocycles. The van der Waals surface area contributed by atoms with E-state index in [9.17, 15) is 19.2 Å². The fourth-order valence-corrected chi connectivity index (χ4v) is 6.61. The zero-order valence-electron chi connectivity index (χ0n) is 38.2. The summed E-state index contributed by atoms with van der Waals surface area (Å²) in [6, 6.07) is 0. The quantitative estimate of drug-likeness (QED) is 0.0330. The highest BCUT2D eigenvalue weighted by molar-refractivity contribution is 5.77. The molecule has 0 aliphatic rings. The first-order chi connectivity index (χ1) is 28.1. The molecular weight excluding hydrogens is 741 g/mol. The van der Waals surface area contributed by atoms with E-state index in [1.807, 2.05) is 38.0 Å². The summed E-state index contributed by atoms with van der Waals surface area (Å²) in [5, 5.41) is 0. The second-order valence-corrected chi connectivity index (χ2v) is 16.4. The van der Waals surface area contributed by atoms with Crippen LogP contribution in [0.1, 0.15) is 194 Å². The van der Waals surface area contributed by atoms with Crippen LogP contribution in [0.25, 0.3) is 0 Å². The average Bonchev–Trinajstić information content (AvgIpc) is 3.18. The van der Waals surface area contributed by atoms with Crippen LogP contribution in [-0.2, 0) is 38.0 Å². The number of esters is 2. The third-order valence-corrected chi connectivity index (χ3v) is 10.2. The van der Waals surface area contributed by atoms with Crippen LogP contribution in [0.5, 0.6) is 0 Å². The Kier molecular flexibility index (Phi) is 39.3. The summed E-state index contributed by atoms with van der Waals surface area (Å²) in [6.07, 6.45) is 25.2. The van der Waals surface area contributed by atoms with Crippen LogP contribution in [0.2, 0.25) is 0 Å². The number of carbonyl (C=O) groups is 4. The van der Waals surface area contributed by atoms with E-state index in [1.165, 1.54) is 89.9 Å². The molecule has 0 aromatic rings. The van der Waals surface area contributed by atoms with Crippen molar-refractivity contribution in [1.29, 1.82) is 0 Å². The van der Waals surface area contributed by atoms with Crippen LogP contribution in [0.3, 0.4) is 0 Å². The lowest BCUT2D eigenvalue weighted by Gasteiger charge is -2.18. The summed E-state index contributed by atoms with van der Waals surface area (Å²) in [5.74, 6) is -1.03. The van der Waals surface area contributed by atoms with E-state index in [-0.39, 0.29) is 39.3 Å². The normalized spacial score (nSPS) is 12.3. The molecule has 0 radical (unpaired) electrons. The molecule has 0 spiro atoms. The molecule has 0 fully saturated rings. The summed E-state index contributed by atoms with van der Waals surface area (Å²) in [5.41, 5.74) is 0. The minimum absolute atomic E-state index is 0.0768. The van der Waals surface area contributed by atoms with Gasteiger partial charge < -0.3 is 38.2 Å². The van der Waals surface area contributed by atoms with E-state index in [0.717, 1.165) is 51.6 Å². The highest BCUT2D eigenvalue weighted by Gasteiger charge is 2.19. The zero-order valence-corrected chi connectivity index (χ0v) is 38.2. The van der Waals surface area contributed by atoms with Gasteiger partial charge in [0, 0.05) is 25.9 Å². The van der Waals surface area contributed by atoms with Crippen molar-refractivity contribution in [3.05, 3.63) is 0 Å². The van der Waals surface area contributed by atoms with Gasteiger partial charge in [-0.3, -0.25) is 9.59 Å². The van der Waals surface area contributed by atoms with Gasteiger partial charge in [-0.1, -0.05) is 129 Å². The largest absolute Gasteiger partial charge is 0.508 e. The first kappa shape index (κ1) is 55.4. The van der Waals surface area contributed by atoms with Gasteiger partial charge in [0.1, 0.15) is 12.2 Å². The Hall–Kier alpha value is -2.60. The number of unbranched alkanes of at least 4 members (excludes halogenated alkanes) is 18. The Balaban J connectivity index is 4.65. The number of hydrogen-bond acceptors (Lipinski definition) is 12. The zero-order chi connectivity index (χ0) is 42.9. The Morgan fingerprint density at radius 2 is 0.690 bits per heavy atom. The molecule has 58 heavy (non-hydrogen) atoms. The maximum atomic E-state index is 12.5. The predicted octanol–water partition coefficient (Wildman–Crippen LogP) is 11.2. The molecule has 0 amide bonds. The van der Waals surface area contributed by atoms with Gasteiger partial charge in [-0.05, 0) is 66.7 Å². The second-order valence-electron chi connectivity index (χ2n) is 16.4. The molecule has 0 aliphatic heterocycles. The second kappa shape index (κ2) is 41.1. The molecule has 0 saturated carbocycles. The molecule has 0 N–H and O–H groups in total. The molecule has 2 unspecified atom stereocenters. The standard InChI is InChI=1S/C46H88N2O10/c1-7-9-11-13-15-17-19-21-23-25-29-41(57-45(51)55-37-27-35-47(3)4)33-39-53-43(49)31-32-44(50)54-40-34-42(58-46(52)56-38-28-36-48(5)6)30-26-24-22-20-18-16-14-12-10-8-2/h41-42H,7-40H2,1-6H3. The number of carbonyl (C=O) groups excluding carboxylic acids is 4. The highest BCUT2D eigenvalue weighted by Crippen LogP contribution is 2.17. The van der Waals surface area contributed by atoms with Crippen molar-refractivity contribution >= 4 is 24.2 Å². The Labute approximate surface area is 354 Å². The molecular formula is C46H88N2O10. The van der Waals surface area contributed by atoms with Gasteiger partial charge in [-0.2, -0.15) is 0 Å². The van der Waals surface area contributed by atoms with Crippen LogP contribution < -0.4 is 0 Å². The van der Waals surface area contributed by atoms with Gasteiger partial charge in [0.2, 0.25) is 0 Å². The number of rotatable bonds is 41. The van der Waals surface area contributed by atoms with Crippen molar-refractivity contribution in [2.75, 3.05) is 67.7 Å². The third kappa shape index (κ3) is 40.2. The number of ether oxygens (including phenoxy) is 6. The topological polar surface area (TPSA) is 130 Å². The lowest BCUT2D eigenvalue weighted by atomic mass is 10.0. The molecule has 0 rings (SSSR count). The number of nitrogens with zero attached hydrogens (tertiary/aromatic N) is 2. The Morgan fingerprint density at radius 1 is 0.379 bits per heavy atom. The molecule has 342 valence electrons. The van der Waals surface area contributed by atoms with Gasteiger partial charge in [-0.25, -0.2) is 9.59 Å². The lowest BCUT2D eigenvalue weighted by molar-refractivity contribution is -0.151. The maximum Gasteiger partial charge on any atom is 0.508 e. The summed E-state index contributed by atoms with van der Waals surface area (Å²) >= 11 is 0. The molecule has 0 aromatic heterocycles. The molecule has 0 heterocycles. The Bertz CT molecular complexity index is 904. The summed E-state index contributed by atoms with van der Waals surface area (Å²) < 4.78 is 32.6. The Morgan fingerprint density at radius 3 is 1.00 bits per heavy atom. The fraction of sp³-hybridized carbons (Fsp3) is 0.913. The van der Waals surface area contributed by atoms with Crippen LogP contribution >= 0.6 is 0 Å². The molecule has 0 bridgehead atoms. The van der Waals surface area contributed by atoms with Crippen LogP contribution in [0, 0.1) is 0 Å². The SMILES string of the molecule is CCCCCCCCCCCCC(CCOC(=O)CCC(=O)OCCC(CCCCCCCCCCCC)OC(=O)OCCCN(C)C)OC(=O)OCCCN(C)C. The monoisotopic (exact) mass is 829 g/mol. The van der Waals surface area contributed by atoms with E-state index >= 15 is 0 Å². The maximum absolute atomic E-state index is 12.5. The smallest absolute Gasteiger partial charge is 0.466 e. The van der Waals surface area contributed by atoms with Gasteiger partial charge >= 0.3 is 24.2 Å². The first-order valence-electron chi connectivity index (χ1n) is 23.3. The van der Waals surface area contributed by atoms with E-state index in [1.54, 1.807) is 0 Å². The van der Waals surface area contributed by atoms with Crippen molar-refractivity contribution in [3.8, 4) is 0 Å². The third-order valence-electron chi connectivity index (χ3n) is 10.2. The molecule has 12 heteroatoms. The molecule has 0 aromatic carbocycles. The van der Waals surface area contributed by atoms with Crippen molar-refractivity contribution in [2.45, 2.75) is 206 Å². The summed E-state index contributed by atoms with van der Waals surface area (Å²) in [4.78, 5) is 53.8. The average molecular weight is 829 g/mol.